The molecule has 0 spiro atoms. The highest BCUT2D eigenvalue weighted by atomic mass is 32.2. The van der Waals surface area contributed by atoms with E-state index >= 15 is 0 Å². The molecule has 2 fully saturated rings. The lowest BCUT2D eigenvalue weighted by molar-refractivity contribution is -0.0728. The Labute approximate surface area is 215 Å². The molecular formula is C25H31F2N7O2S. The van der Waals surface area contributed by atoms with E-state index in [1.54, 1.807) is 23.6 Å². The second-order valence-electron chi connectivity index (χ2n) is 9.41. The Bertz CT molecular complexity index is 1350. The summed E-state index contributed by atoms with van der Waals surface area (Å²) in [6.07, 6.45) is 2.98. The van der Waals surface area contributed by atoms with Gasteiger partial charge in [-0.2, -0.15) is 4.31 Å². The maximum atomic E-state index is 14.4. The van der Waals surface area contributed by atoms with Gasteiger partial charge < -0.3 is 15.5 Å². The molecule has 9 nitrogen and oxygen atoms in total. The van der Waals surface area contributed by atoms with Crippen LogP contribution in [0, 0.1) is 5.92 Å². The normalized spacial score (nSPS) is 20.7. The molecule has 2 aliphatic rings. The number of pyridine rings is 1. The smallest absolute Gasteiger partial charge is 0.255 e. The van der Waals surface area contributed by atoms with Gasteiger partial charge in [-0.1, -0.05) is 12.1 Å². The third kappa shape index (κ3) is 5.51. The summed E-state index contributed by atoms with van der Waals surface area (Å²) in [5.74, 6) is -3.04. The van der Waals surface area contributed by atoms with Gasteiger partial charge in [0.15, 0.2) is 5.82 Å². The highest BCUT2D eigenvalue weighted by Gasteiger charge is 2.41. The predicted octanol–water partition coefficient (Wildman–Crippen LogP) is 2.82. The summed E-state index contributed by atoms with van der Waals surface area (Å²) >= 11 is 0. The molecule has 2 N–H and O–H groups in total. The first kappa shape index (κ1) is 25.7. The lowest BCUT2D eigenvalue weighted by Crippen LogP contribution is -2.49. The van der Waals surface area contributed by atoms with Crippen molar-refractivity contribution in [3.05, 3.63) is 42.7 Å². The van der Waals surface area contributed by atoms with Crippen LogP contribution in [0.15, 0.2) is 42.7 Å². The SMILES string of the molecule is CCS(=O)(=O)N1CCN(c2ccc(-c3cc4nccnc4c(NCC4CNCCC4(F)F)n3)cc2)CC1. The van der Waals surface area contributed by atoms with Gasteiger partial charge in [0.25, 0.3) is 5.92 Å². The van der Waals surface area contributed by atoms with Gasteiger partial charge in [0, 0.05) is 75.9 Å². The average molecular weight is 532 g/mol. The highest BCUT2D eigenvalue weighted by Crippen LogP contribution is 2.32. The summed E-state index contributed by atoms with van der Waals surface area (Å²) in [6.45, 7) is 4.46. The van der Waals surface area contributed by atoms with Crippen molar-refractivity contribution >= 4 is 32.6 Å². The Morgan fingerprint density at radius 2 is 1.84 bits per heavy atom. The van der Waals surface area contributed by atoms with Crippen LogP contribution in [0.5, 0.6) is 0 Å². The van der Waals surface area contributed by atoms with Crippen LogP contribution in [0.2, 0.25) is 0 Å². The third-order valence-corrected chi connectivity index (χ3v) is 9.00. The van der Waals surface area contributed by atoms with Crippen LogP contribution >= 0.6 is 0 Å². The van der Waals surface area contributed by atoms with Crippen LogP contribution in [0.1, 0.15) is 13.3 Å². The van der Waals surface area contributed by atoms with Crippen LogP contribution in [-0.4, -0.2) is 85.2 Å². The molecule has 0 radical (unpaired) electrons. The lowest BCUT2D eigenvalue weighted by Gasteiger charge is -2.35. The molecule has 2 aromatic heterocycles. The molecule has 4 heterocycles. The summed E-state index contributed by atoms with van der Waals surface area (Å²) < 4.78 is 54.5. The van der Waals surface area contributed by atoms with Crippen molar-refractivity contribution < 1.29 is 17.2 Å². The Morgan fingerprint density at radius 3 is 2.54 bits per heavy atom. The van der Waals surface area contributed by atoms with Crippen molar-refractivity contribution in [1.29, 1.82) is 0 Å². The molecule has 1 atom stereocenters. The standard InChI is InChI=1S/C25H31F2N7O2S/c1-2-37(35,36)34-13-11-33(12-14-34)20-5-3-18(4-6-20)21-15-22-23(30-10-9-29-22)24(32-21)31-17-19-16-28-8-7-25(19,26)27/h3-6,9-10,15,19,28H,2,7-8,11-14,16-17H2,1H3,(H,31,32). The minimum atomic E-state index is -3.17. The molecule has 198 valence electrons. The zero-order chi connectivity index (χ0) is 26.0. The number of alkyl halides is 2. The number of aromatic nitrogens is 3. The van der Waals surface area contributed by atoms with Gasteiger partial charge in [0.05, 0.1) is 22.9 Å². The zero-order valence-corrected chi connectivity index (χ0v) is 21.5. The maximum absolute atomic E-state index is 14.4. The summed E-state index contributed by atoms with van der Waals surface area (Å²) in [5, 5.41) is 6.15. The number of nitrogens with one attached hydrogen (secondary N) is 2. The lowest BCUT2D eigenvalue weighted by atomic mass is 9.95. The fourth-order valence-corrected chi connectivity index (χ4v) is 5.90. The molecule has 0 aliphatic carbocycles. The van der Waals surface area contributed by atoms with Crippen molar-refractivity contribution in [2.75, 3.05) is 61.8 Å². The number of benzene rings is 1. The number of halogens is 2. The van der Waals surface area contributed by atoms with Gasteiger partial charge in [0.2, 0.25) is 10.0 Å². The second kappa shape index (κ2) is 10.4. The monoisotopic (exact) mass is 531 g/mol. The zero-order valence-electron chi connectivity index (χ0n) is 20.7. The minimum Gasteiger partial charge on any atom is -0.369 e. The summed E-state index contributed by atoms with van der Waals surface area (Å²) in [7, 11) is -3.17. The number of nitrogens with zero attached hydrogens (tertiary/aromatic N) is 5. The first-order chi connectivity index (χ1) is 17.8. The van der Waals surface area contributed by atoms with Gasteiger partial charge in [-0.25, -0.2) is 27.2 Å². The molecule has 2 saturated heterocycles. The summed E-state index contributed by atoms with van der Waals surface area (Å²) in [6, 6.07) is 9.73. The number of sulfonamides is 1. The number of hydrogen-bond acceptors (Lipinski definition) is 8. The van der Waals surface area contributed by atoms with E-state index in [-0.39, 0.29) is 25.3 Å². The number of rotatable bonds is 7. The Balaban J connectivity index is 1.34. The van der Waals surface area contributed by atoms with Crippen molar-refractivity contribution in [2.45, 2.75) is 19.3 Å². The molecule has 1 aromatic carbocycles. The largest absolute Gasteiger partial charge is 0.369 e. The van der Waals surface area contributed by atoms with Gasteiger partial charge in [0.1, 0.15) is 5.52 Å². The molecular weight excluding hydrogens is 500 g/mol. The average Bonchev–Trinajstić information content (AvgIpc) is 2.92. The van der Waals surface area contributed by atoms with Crippen LogP contribution in [0.25, 0.3) is 22.3 Å². The number of anilines is 2. The Hall–Kier alpha value is -2.96. The number of piperidine rings is 1. The van der Waals surface area contributed by atoms with Crippen LogP contribution < -0.4 is 15.5 Å². The molecule has 2 aliphatic heterocycles. The highest BCUT2D eigenvalue weighted by molar-refractivity contribution is 7.89. The molecule has 5 rings (SSSR count). The third-order valence-electron chi connectivity index (χ3n) is 7.12. The second-order valence-corrected chi connectivity index (χ2v) is 11.7. The van der Waals surface area contributed by atoms with Gasteiger partial charge >= 0.3 is 0 Å². The van der Waals surface area contributed by atoms with Gasteiger partial charge in [-0.05, 0) is 25.1 Å². The fraction of sp³-hybridized carbons (Fsp3) is 0.480. The van der Waals surface area contributed by atoms with E-state index in [0.29, 0.717) is 55.3 Å². The van der Waals surface area contributed by atoms with Gasteiger partial charge in [-0.15, -0.1) is 0 Å². The van der Waals surface area contributed by atoms with E-state index in [9.17, 15) is 17.2 Å². The number of piperazine rings is 1. The first-order valence-electron chi connectivity index (χ1n) is 12.5. The molecule has 37 heavy (non-hydrogen) atoms. The van der Waals surface area contributed by atoms with Crippen molar-refractivity contribution in [3.8, 4) is 11.3 Å². The van der Waals surface area contributed by atoms with Crippen molar-refractivity contribution in [1.82, 2.24) is 24.6 Å². The van der Waals surface area contributed by atoms with Crippen LogP contribution in [0.4, 0.5) is 20.3 Å². The maximum Gasteiger partial charge on any atom is 0.255 e. The summed E-state index contributed by atoms with van der Waals surface area (Å²) in [5.41, 5.74) is 3.68. The van der Waals surface area contributed by atoms with E-state index in [0.717, 1.165) is 11.3 Å². The van der Waals surface area contributed by atoms with Crippen molar-refractivity contribution in [3.63, 3.8) is 0 Å². The van der Waals surface area contributed by atoms with E-state index in [1.165, 1.54) is 0 Å². The molecule has 0 amide bonds. The van der Waals surface area contributed by atoms with Gasteiger partial charge in [-0.3, -0.25) is 4.98 Å². The predicted molar refractivity (Wildman–Crippen MR) is 140 cm³/mol. The first-order valence-corrected chi connectivity index (χ1v) is 14.1. The number of hydrogen-bond donors (Lipinski definition) is 2. The molecule has 3 aromatic rings. The van der Waals surface area contributed by atoms with E-state index < -0.39 is 21.9 Å². The summed E-state index contributed by atoms with van der Waals surface area (Å²) in [4.78, 5) is 15.7. The molecule has 0 bridgehead atoms. The van der Waals surface area contributed by atoms with E-state index in [1.807, 2.05) is 30.3 Å². The fourth-order valence-electron chi connectivity index (χ4n) is 4.82. The van der Waals surface area contributed by atoms with Crippen molar-refractivity contribution in [2.24, 2.45) is 5.92 Å². The quantitative estimate of drug-likeness (QED) is 0.480. The minimum absolute atomic E-state index is 0.0702. The van der Waals surface area contributed by atoms with Crippen LogP contribution in [-0.2, 0) is 10.0 Å². The molecule has 1 unspecified atom stereocenters. The van der Waals surface area contributed by atoms with E-state index in [2.05, 4.69) is 25.5 Å². The number of fused-ring (bicyclic) bond motifs is 1. The van der Waals surface area contributed by atoms with Crippen LogP contribution in [0.3, 0.4) is 0 Å². The van der Waals surface area contributed by atoms with E-state index in [4.69, 9.17) is 4.98 Å². The Morgan fingerprint density at radius 1 is 1.11 bits per heavy atom. The topological polar surface area (TPSA) is 103 Å². The Kier molecular flexibility index (Phi) is 7.24. The molecule has 12 heteroatoms. The molecule has 0 saturated carbocycles.